The van der Waals surface area contributed by atoms with Gasteiger partial charge in [0.2, 0.25) is 0 Å². The van der Waals surface area contributed by atoms with Crippen LogP contribution in [0.1, 0.15) is 30.1 Å². The molecule has 1 amide bonds. The van der Waals surface area contributed by atoms with Gasteiger partial charge < -0.3 is 4.90 Å². The van der Waals surface area contributed by atoms with Crippen molar-refractivity contribution >= 4 is 37.8 Å². The van der Waals surface area contributed by atoms with Crippen LogP contribution in [0.15, 0.2) is 22.9 Å². The second kappa shape index (κ2) is 7.82. The molecule has 0 saturated heterocycles. The first-order valence-corrected chi connectivity index (χ1v) is 7.56. The van der Waals surface area contributed by atoms with Crippen LogP contribution in [0.4, 0.5) is 0 Å². The summed E-state index contributed by atoms with van der Waals surface area (Å²) in [7, 11) is 0. The van der Waals surface area contributed by atoms with Crippen molar-refractivity contribution in [2.75, 3.05) is 18.4 Å². The molecule has 0 bridgehead atoms. The van der Waals surface area contributed by atoms with Gasteiger partial charge in [0, 0.05) is 35.3 Å². The minimum atomic E-state index is 0.0479. The summed E-state index contributed by atoms with van der Waals surface area (Å²) in [6, 6.07) is 1.81. The number of aromatic nitrogens is 1. The molecule has 0 aromatic carbocycles. The van der Waals surface area contributed by atoms with Crippen molar-refractivity contribution in [3.8, 4) is 0 Å². The summed E-state index contributed by atoms with van der Waals surface area (Å²) in [6.07, 6.45) is 5.40. The van der Waals surface area contributed by atoms with Crippen molar-refractivity contribution < 1.29 is 4.79 Å². The lowest BCUT2D eigenvalue weighted by Gasteiger charge is -2.21. The van der Waals surface area contributed by atoms with E-state index in [9.17, 15) is 4.79 Å². The van der Waals surface area contributed by atoms with E-state index < -0.39 is 0 Å². The number of unbranched alkanes of at least 4 members (excludes halogenated alkanes) is 1. The van der Waals surface area contributed by atoms with Gasteiger partial charge in [0.15, 0.2) is 0 Å². The van der Waals surface area contributed by atoms with E-state index in [1.54, 1.807) is 12.4 Å². The smallest absolute Gasteiger partial charge is 0.255 e. The van der Waals surface area contributed by atoms with Gasteiger partial charge in [-0.2, -0.15) is 0 Å². The van der Waals surface area contributed by atoms with Crippen molar-refractivity contribution in [3.05, 3.63) is 28.5 Å². The highest BCUT2D eigenvalue weighted by Crippen LogP contribution is 2.12. The van der Waals surface area contributed by atoms with Crippen LogP contribution in [0.5, 0.6) is 0 Å². The van der Waals surface area contributed by atoms with E-state index in [0.717, 1.165) is 35.7 Å². The number of carbonyl (C=O) groups excluding carboxylic acids is 1. The fraction of sp³-hybridized carbons (Fsp3) is 0.500. The van der Waals surface area contributed by atoms with E-state index >= 15 is 0 Å². The molecule has 1 aromatic heterocycles. The molecule has 3 nitrogen and oxygen atoms in total. The number of amides is 1. The van der Waals surface area contributed by atoms with Gasteiger partial charge in [-0.1, -0.05) is 29.3 Å². The average Bonchev–Trinajstić information content (AvgIpc) is 2.33. The Kier molecular flexibility index (Phi) is 6.73. The Bertz CT molecular complexity index is 371. The van der Waals surface area contributed by atoms with Crippen LogP contribution in [0.3, 0.4) is 0 Å². The van der Waals surface area contributed by atoms with Gasteiger partial charge in [0.1, 0.15) is 0 Å². The molecule has 0 N–H and O–H groups in total. The van der Waals surface area contributed by atoms with Gasteiger partial charge in [-0.05, 0) is 28.4 Å². The molecule has 0 aliphatic rings. The second-order valence-electron chi connectivity index (χ2n) is 3.73. The second-order valence-corrected chi connectivity index (χ2v) is 5.44. The third-order valence-electron chi connectivity index (χ3n) is 2.38. The van der Waals surface area contributed by atoms with Crippen LogP contribution in [0.25, 0.3) is 0 Å². The van der Waals surface area contributed by atoms with Crippen LogP contribution in [-0.4, -0.2) is 34.2 Å². The highest BCUT2D eigenvalue weighted by atomic mass is 79.9. The molecule has 0 atom stereocenters. The molecule has 1 aromatic rings. The molecule has 0 spiro atoms. The maximum absolute atomic E-state index is 12.2. The summed E-state index contributed by atoms with van der Waals surface area (Å²) < 4.78 is 0.831. The van der Waals surface area contributed by atoms with Gasteiger partial charge in [0.25, 0.3) is 5.91 Å². The van der Waals surface area contributed by atoms with E-state index in [1.807, 2.05) is 11.0 Å². The molecule has 17 heavy (non-hydrogen) atoms. The molecule has 0 unspecified atom stereocenters. The van der Waals surface area contributed by atoms with Crippen LogP contribution >= 0.6 is 31.9 Å². The van der Waals surface area contributed by atoms with E-state index in [2.05, 4.69) is 43.8 Å². The number of halogens is 2. The average molecular weight is 364 g/mol. The standard InChI is InChI=1S/C12H16Br2N2O/c1-2-3-5-16(6-4-13)12(17)10-7-11(14)9-15-8-10/h7-9H,2-6H2,1H3. The van der Waals surface area contributed by atoms with Crippen LogP contribution < -0.4 is 0 Å². The largest absolute Gasteiger partial charge is 0.338 e. The van der Waals surface area contributed by atoms with Gasteiger partial charge in [-0.3, -0.25) is 9.78 Å². The minimum Gasteiger partial charge on any atom is -0.338 e. The Morgan fingerprint density at radius 1 is 1.41 bits per heavy atom. The number of nitrogens with zero attached hydrogens (tertiary/aromatic N) is 2. The number of alkyl halides is 1. The third-order valence-corrected chi connectivity index (χ3v) is 3.16. The minimum absolute atomic E-state index is 0.0479. The zero-order valence-electron chi connectivity index (χ0n) is 9.83. The molecule has 0 radical (unpaired) electrons. The normalized spacial score (nSPS) is 10.3. The molecule has 94 valence electrons. The first-order chi connectivity index (χ1) is 8.19. The zero-order chi connectivity index (χ0) is 12.7. The monoisotopic (exact) mass is 362 g/mol. The Labute approximate surface area is 119 Å². The summed E-state index contributed by atoms with van der Waals surface area (Å²) in [6.45, 7) is 3.65. The summed E-state index contributed by atoms with van der Waals surface area (Å²) in [5.41, 5.74) is 0.636. The van der Waals surface area contributed by atoms with Crippen molar-refractivity contribution in [1.29, 1.82) is 0 Å². The lowest BCUT2D eigenvalue weighted by atomic mass is 10.2. The number of hydrogen-bond donors (Lipinski definition) is 0. The Balaban J connectivity index is 2.76. The first-order valence-electron chi connectivity index (χ1n) is 5.64. The maximum Gasteiger partial charge on any atom is 0.255 e. The molecular formula is C12H16Br2N2O. The Morgan fingerprint density at radius 3 is 2.76 bits per heavy atom. The summed E-state index contributed by atoms with van der Waals surface area (Å²) in [5, 5.41) is 0.796. The molecule has 0 saturated carbocycles. The van der Waals surface area contributed by atoms with Gasteiger partial charge in [-0.25, -0.2) is 0 Å². The Morgan fingerprint density at radius 2 is 2.18 bits per heavy atom. The first kappa shape index (κ1) is 14.6. The quantitative estimate of drug-likeness (QED) is 0.725. The SMILES string of the molecule is CCCCN(CCBr)C(=O)c1cncc(Br)c1. The topological polar surface area (TPSA) is 33.2 Å². The number of rotatable bonds is 6. The van der Waals surface area contributed by atoms with E-state index in [1.165, 1.54) is 0 Å². The van der Waals surface area contributed by atoms with Gasteiger partial charge >= 0.3 is 0 Å². The molecule has 0 aliphatic carbocycles. The summed E-state index contributed by atoms with van der Waals surface area (Å²) in [4.78, 5) is 18.1. The van der Waals surface area contributed by atoms with Crippen LogP contribution in [0.2, 0.25) is 0 Å². The van der Waals surface area contributed by atoms with Crippen molar-refractivity contribution in [1.82, 2.24) is 9.88 Å². The predicted octanol–water partition coefficient (Wildman–Crippen LogP) is 3.48. The van der Waals surface area contributed by atoms with E-state index in [0.29, 0.717) is 5.56 Å². The number of hydrogen-bond acceptors (Lipinski definition) is 2. The third kappa shape index (κ3) is 4.76. The lowest BCUT2D eigenvalue weighted by Crippen LogP contribution is -2.33. The van der Waals surface area contributed by atoms with Gasteiger partial charge in [-0.15, -0.1) is 0 Å². The predicted molar refractivity (Wildman–Crippen MR) is 76.5 cm³/mol. The number of carbonyl (C=O) groups is 1. The molecule has 0 fully saturated rings. The molecular weight excluding hydrogens is 348 g/mol. The fourth-order valence-electron chi connectivity index (χ4n) is 1.48. The van der Waals surface area contributed by atoms with Crippen LogP contribution in [-0.2, 0) is 0 Å². The summed E-state index contributed by atoms with van der Waals surface area (Å²) >= 11 is 6.71. The fourth-order valence-corrected chi connectivity index (χ4v) is 2.27. The number of pyridine rings is 1. The lowest BCUT2D eigenvalue weighted by molar-refractivity contribution is 0.0764. The summed E-state index contributed by atoms with van der Waals surface area (Å²) in [5.74, 6) is 0.0479. The van der Waals surface area contributed by atoms with Crippen molar-refractivity contribution in [2.24, 2.45) is 0 Å². The molecule has 1 heterocycles. The van der Waals surface area contributed by atoms with Crippen molar-refractivity contribution in [2.45, 2.75) is 19.8 Å². The van der Waals surface area contributed by atoms with Crippen molar-refractivity contribution in [3.63, 3.8) is 0 Å². The molecule has 1 rings (SSSR count). The highest BCUT2D eigenvalue weighted by molar-refractivity contribution is 9.10. The zero-order valence-corrected chi connectivity index (χ0v) is 13.0. The van der Waals surface area contributed by atoms with E-state index in [4.69, 9.17) is 0 Å². The van der Waals surface area contributed by atoms with Gasteiger partial charge in [0.05, 0.1) is 5.56 Å². The Hall–Kier alpha value is -0.420. The molecule has 5 heteroatoms. The van der Waals surface area contributed by atoms with Crippen LogP contribution in [0, 0.1) is 0 Å². The van der Waals surface area contributed by atoms with E-state index in [-0.39, 0.29) is 5.91 Å². The molecule has 0 aliphatic heterocycles. The maximum atomic E-state index is 12.2. The highest BCUT2D eigenvalue weighted by Gasteiger charge is 2.15.